The van der Waals surface area contributed by atoms with Crippen molar-refractivity contribution in [3.8, 4) is 0 Å². The van der Waals surface area contributed by atoms with E-state index in [1.807, 2.05) is 6.20 Å². The molecule has 1 fully saturated rings. The quantitative estimate of drug-likeness (QED) is 0.563. The van der Waals surface area contributed by atoms with Gasteiger partial charge in [-0.05, 0) is 18.8 Å². The van der Waals surface area contributed by atoms with E-state index in [9.17, 15) is 0 Å². The van der Waals surface area contributed by atoms with Crippen molar-refractivity contribution in [2.45, 2.75) is 50.1 Å². The molecule has 102 valence electrons. The van der Waals surface area contributed by atoms with Gasteiger partial charge in [-0.15, -0.1) is 0 Å². The van der Waals surface area contributed by atoms with Crippen LogP contribution in [0.1, 0.15) is 44.3 Å². The predicted molar refractivity (Wildman–Crippen MR) is 73.1 cm³/mol. The molecule has 5 heteroatoms. The van der Waals surface area contributed by atoms with Crippen LogP contribution in [0.4, 0.5) is 0 Å². The van der Waals surface area contributed by atoms with Gasteiger partial charge in [0.25, 0.3) is 0 Å². The molecule has 1 aromatic rings. The normalized spacial score (nSPS) is 15.9. The molecule has 0 radical (unpaired) electrons. The molecule has 0 atom stereocenters. The summed E-state index contributed by atoms with van der Waals surface area (Å²) in [7, 11) is 3.34. The number of imidazole rings is 1. The number of methoxy groups -OCH3 is 2. The minimum atomic E-state index is -0.165. The van der Waals surface area contributed by atoms with Crippen molar-refractivity contribution < 1.29 is 9.47 Å². The van der Waals surface area contributed by atoms with Gasteiger partial charge in [-0.1, -0.05) is 25.6 Å². The standard InChI is InChI=1S/C13H22N2O2S/c1-9(2)11-7-14-13(15(11)10-5-6-10)18-8-12(16-3)17-4/h7,9-10,12H,5-6,8H2,1-4H3. The summed E-state index contributed by atoms with van der Waals surface area (Å²) < 4.78 is 12.8. The maximum absolute atomic E-state index is 5.21. The summed E-state index contributed by atoms with van der Waals surface area (Å²) >= 11 is 1.71. The van der Waals surface area contributed by atoms with E-state index >= 15 is 0 Å². The lowest BCUT2D eigenvalue weighted by molar-refractivity contribution is -0.0842. The molecule has 1 aromatic heterocycles. The van der Waals surface area contributed by atoms with Crippen LogP contribution in [0.3, 0.4) is 0 Å². The predicted octanol–water partition coefficient (Wildman–Crippen LogP) is 3.05. The smallest absolute Gasteiger partial charge is 0.168 e. The van der Waals surface area contributed by atoms with E-state index in [1.54, 1.807) is 26.0 Å². The SMILES string of the molecule is COC(CSc1ncc(C(C)C)n1C1CC1)OC. The zero-order valence-corrected chi connectivity index (χ0v) is 12.4. The van der Waals surface area contributed by atoms with Crippen molar-refractivity contribution in [2.75, 3.05) is 20.0 Å². The Labute approximate surface area is 113 Å². The molecule has 0 bridgehead atoms. The summed E-state index contributed by atoms with van der Waals surface area (Å²) in [6.07, 6.45) is 4.41. The van der Waals surface area contributed by atoms with Crippen LogP contribution in [0.2, 0.25) is 0 Å². The maximum Gasteiger partial charge on any atom is 0.168 e. The average Bonchev–Trinajstić information content (AvgIpc) is 3.10. The first-order valence-electron chi connectivity index (χ1n) is 6.42. The van der Waals surface area contributed by atoms with Gasteiger partial charge in [0.15, 0.2) is 11.4 Å². The Morgan fingerprint density at radius 1 is 1.39 bits per heavy atom. The van der Waals surface area contributed by atoms with E-state index in [1.165, 1.54) is 18.5 Å². The van der Waals surface area contributed by atoms with Crippen molar-refractivity contribution >= 4 is 11.8 Å². The van der Waals surface area contributed by atoms with Gasteiger partial charge < -0.3 is 14.0 Å². The molecule has 0 aromatic carbocycles. The molecule has 0 saturated heterocycles. The number of ether oxygens (including phenoxy) is 2. The van der Waals surface area contributed by atoms with Crippen LogP contribution < -0.4 is 0 Å². The lowest BCUT2D eigenvalue weighted by Crippen LogP contribution is -2.16. The number of thioether (sulfide) groups is 1. The number of nitrogens with zero attached hydrogens (tertiary/aromatic N) is 2. The van der Waals surface area contributed by atoms with Crippen LogP contribution in [0.25, 0.3) is 0 Å². The molecule has 0 amide bonds. The van der Waals surface area contributed by atoms with Crippen LogP contribution in [-0.2, 0) is 9.47 Å². The van der Waals surface area contributed by atoms with Gasteiger partial charge in [-0.25, -0.2) is 4.98 Å². The minimum absolute atomic E-state index is 0.165. The Bertz CT molecular complexity index is 384. The van der Waals surface area contributed by atoms with E-state index in [4.69, 9.17) is 9.47 Å². The van der Waals surface area contributed by atoms with Gasteiger partial charge in [-0.2, -0.15) is 0 Å². The second kappa shape index (κ2) is 6.08. The topological polar surface area (TPSA) is 36.3 Å². The van der Waals surface area contributed by atoms with Gasteiger partial charge in [0.05, 0.1) is 5.75 Å². The fraction of sp³-hybridized carbons (Fsp3) is 0.769. The van der Waals surface area contributed by atoms with E-state index < -0.39 is 0 Å². The van der Waals surface area contributed by atoms with Crippen molar-refractivity contribution in [3.05, 3.63) is 11.9 Å². The lowest BCUT2D eigenvalue weighted by Gasteiger charge is -2.15. The van der Waals surface area contributed by atoms with E-state index in [0.29, 0.717) is 12.0 Å². The Hall–Kier alpha value is -0.520. The fourth-order valence-electron chi connectivity index (χ4n) is 1.96. The van der Waals surface area contributed by atoms with E-state index in [-0.39, 0.29) is 6.29 Å². The van der Waals surface area contributed by atoms with Crippen LogP contribution in [0.5, 0.6) is 0 Å². The van der Waals surface area contributed by atoms with Gasteiger partial charge in [0, 0.05) is 32.2 Å². The molecular weight excluding hydrogens is 248 g/mol. The first-order chi connectivity index (χ1) is 8.67. The highest BCUT2D eigenvalue weighted by molar-refractivity contribution is 7.99. The summed E-state index contributed by atoms with van der Waals surface area (Å²) in [6.45, 7) is 4.44. The third-order valence-electron chi connectivity index (χ3n) is 3.17. The summed E-state index contributed by atoms with van der Waals surface area (Å²) in [5.74, 6) is 1.29. The Balaban J connectivity index is 2.08. The second-order valence-corrected chi connectivity index (χ2v) is 5.92. The fourth-order valence-corrected chi connectivity index (χ4v) is 3.04. The zero-order valence-electron chi connectivity index (χ0n) is 11.5. The summed E-state index contributed by atoms with van der Waals surface area (Å²) in [6, 6.07) is 0.663. The monoisotopic (exact) mass is 270 g/mol. The highest BCUT2D eigenvalue weighted by Gasteiger charge is 2.29. The second-order valence-electron chi connectivity index (χ2n) is 4.93. The average molecular weight is 270 g/mol. The van der Waals surface area contributed by atoms with Crippen LogP contribution in [0, 0.1) is 0 Å². The number of hydrogen-bond donors (Lipinski definition) is 0. The highest BCUT2D eigenvalue weighted by Crippen LogP contribution is 2.40. The summed E-state index contributed by atoms with van der Waals surface area (Å²) in [5, 5.41) is 1.10. The van der Waals surface area contributed by atoms with Crippen LogP contribution >= 0.6 is 11.8 Å². The molecule has 18 heavy (non-hydrogen) atoms. The Morgan fingerprint density at radius 3 is 2.56 bits per heavy atom. The van der Waals surface area contributed by atoms with Crippen molar-refractivity contribution in [1.82, 2.24) is 9.55 Å². The molecule has 1 aliphatic carbocycles. The highest BCUT2D eigenvalue weighted by atomic mass is 32.2. The summed E-state index contributed by atoms with van der Waals surface area (Å²) in [5.41, 5.74) is 1.34. The molecule has 0 spiro atoms. The molecule has 2 rings (SSSR count). The van der Waals surface area contributed by atoms with Gasteiger partial charge >= 0.3 is 0 Å². The molecule has 4 nitrogen and oxygen atoms in total. The molecule has 0 N–H and O–H groups in total. The lowest BCUT2D eigenvalue weighted by atomic mass is 10.1. The molecule has 0 aliphatic heterocycles. The van der Waals surface area contributed by atoms with Gasteiger partial charge in [0.1, 0.15) is 0 Å². The minimum Gasteiger partial charge on any atom is -0.355 e. The van der Waals surface area contributed by atoms with Crippen molar-refractivity contribution in [2.24, 2.45) is 0 Å². The zero-order chi connectivity index (χ0) is 13.1. The Morgan fingerprint density at radius 2 is 2.06 bits per heavy atom. The van der Waals surface area contributed by atoms with Crippen LogP contribution in [-0.4, -0.2) is 35.8 Å². The van der Waals surface area contributed by atoms with Crippen molar-refractivity contribution in [3.63, 3.8) is 0 Å². The number of hydrogen-bond acceptors (Lipinski definition) is 4. The molecule has 1 aliphatic rings. The van der Waals surface area contributed by atoms with E-state index in [0.717, 1.165) is 10.9 Å². The van der Waals surface area contributed by atoms with Gasteiger partial charge in [-0.3, -0.25) is 0 Å². The first kappa shape index (κ1) is 13.9. The van der Waals surface area contributed by atoms with E-state index in [2.05, 4.69) is 23.4 Å². The largest absolute Gasteiger partial charge is 0.355 e. The number of rotatable bonds is 7. The Kier molecular flexibility index (Phi) is 4.70. The first-order valence-corrected chi connectivity index (χ1v) is 7.41. The molecule has 1 heterocycles. The van der Waals surface area contributed by atoms with Gasteiger partial charge in [0.2, 0.25) is 0 Å². The maximum atomic E-state index is 5.21. The third-order valence-corrected chi connectivity index (χ3v) is 4.17. The third kappa shape index (κ3) is 3.08. The molecular formula is C13H22N2O2S. The molecule has 0 unspecified atom stereocenters. The van der Waals surface area contributed by atoms with Crippen molar-refractivity contribution in [1.29, 1.82) is 0 Å². The molecule has 1 saturated carbocycles. The number of aromatic nitrogens is 2. The summed E-state index contributed by atoms with van der Waals surface area (Å²) in [4.78, 5) is 4.55. The van der Waals surface area contributed by atoms with Crippen LogP contribution in [0.15, 0.2) is 11.4 Å².